The van der Waals surface area contributed by atoms with E-state index in [0.29, 0.717) is 0 Å². The van der Waals surface area contributed by atoms with Crippen LogP contribution in [0.2, 0.25) is 0 Å². The number of rotatable bonds is 48. The smallest absolute Gasteiger partial charge is 0.549 e. The Morgan fingerprint density at radius 3 is 0.304 bits per heavy atom. The van der Waals surface area contributed by atoms with Crippen LogP contribution in [0.1, 0.15) is 0 Å². The van der Waals surface area contributed by atoms with Gasteiger partial charge in [0.2, 0.25) is 12.8 Å². The summed E-state index contributed by atoms with van der Waals surface area (Å²) in [5, 5.41) is 160. The normalized spacial score (nSPS) is 10.0. The average Bonchev–Trinajstić information content (AvgIpc) is 3.32. The minimum Gasteiger partial charge on any atom is -0.549 e. The number of carboxylic acid groups (broad SMARTS) is 15. The molecule has 5 radical (unpaired) electrons. The molecule has 43 nitrogen and oxygen atoms in total. The number of amides is 2. The van der Waals surface area contributed by atoms with Crippen LogP contribution in [0.15, 0.2) is 0 Å². The number of nitrogens with two attached hydrogens (primary N) is 2. The van der Waals surface area contributed by atoms with Crippen molar-refractivity contribution < 1.29 is 358 Å². The van der Waals surface area contributed by atoms with Crippen molar-refractivity contribution in [2.45, 2.75) is 0 Å². The molecule has 0 aromatic rings. The largest absolute Gasteiger partial charge is 3.00 e. The molecule has 0 heterocycles. The molecular weight excluding hydrogens is 1980 g/mol. The van der Waals surface area contributed by atoms with Crippen LogP contribution in [0.4, 0.5) is 0 Å². The number of carbonyl (C=O) groups excluding carboxylic acids is 17. The van der Waals surface area contributed by atoms with Crippen molar-refractivity contribution in [3.05, 3.63) is 0 Å². The Balaban J connectivity index is -0.000000128. The molecule has 0 aromatic carbocycles. The maximum Gasteiger partial charge on any atom is 3.00 e. The van der Waals surface area contributed by atoms with E-state index in [-0.39, 0.29) is 291 Å². The number of carbonyl (C=O) groups is 17. The number of primary amides is 2. The van der Waals surface area contributed by atoms with Crippen molar-refractivity contribution in [2.24, 2.45) is 11.5 Å². The number of nitrogens with zero attached hydrogens (tertiary/aromatic N) is 9. The summed E-state index contributed by atoms with van der Waals surface area (Å²) < 4.78 is 0. The average molecular weight is 2040 g/mol. The first-order valence-electron chi connectivity index (χ1n) is 24.1. The van der Waals surface area contributed by atoms with Gasteiger partial charge in [0.1, 0.15) is 0 Å². The first-order chi connectivity index (χ1) is 40.3. The summed E-state index contributed by atoms with van der Waals surface area (Å²) >= 11 is 0. The van der Waals surface area contributed by atoms with Crippen molar-refractivity contribution in [2.75, 3.05) is 177 Å². The molecule has 0 saturated heterocycles. The predicted molar refractivity (Wildman–Crippen MR) is 244 cm³/mol. The van der Waals surface area contributed by atoms with E-state index in [2.05, 4.69) is 11.5 Å². The molecule has 0 aliphatic rings. The fourth-order valence-corrected chi connectivity index (χ4v) is 6.53. The Kier molecular flexibility index (Phi) is 83.7. The summed E-state index contributed by atoms with van der Waals surface area (Å²) in [4.78, 5) is 186. The van der Waals surface area contributed by atoms with Gasteiger partial charge in [0.05, 0.1) is 89.5 Å². The van der Waals surface area contributed by atoms with Crippen LogP contribution in [0.25, 0.3) is 0 Å². The topological polar surface area (TPSA) is 717 Å². The Morgan fingerprint density at radius 1 is 0.185 bits per heavy atom. The third kappa shape index (κ3) is 85.3. The number of aliphatic carboxylic acids is 15. The summed E-state index contributed by atoms with van der Waals surface area (Å²) in [6, 6.07) is 0. The fourth-order valence-electron chi connectivity index (χ4n) is 6.53. The summed E-state index contributed by atoms with van der Waals surface area (Å²) in [6.45, 7) is -12.5. The molecule has 0 aromatic heterocycles. The molecule has 0 aliphatic carbocycles. The second-order valence-corrected chi connectivity index (χ2v) is 16.9. The first kappa shape index (κ1) is 111. The molecule has 0 bridgehead atoms. The minimum absolute atomic E-state index is 0. The van der Waals surface area contributed by atoms with Gasteiger partial charge in [-0.25, -0.2) is 0 Å². The standard InChI is InChI=1S/3C14H23N3O10.2CH3NO.5Gd/c3*18-10(19)5-15(1-3-16(6-11(20)21)7-12(22)23)2-4-17(8-13(24)25)9-14(26)27;2*2-1-3;;;;;/h3*1-9H2,(H,18,19)(H,20,21)(H,22,23)(H,24,25)(H,26,27);2*1H,(H2,2,3);;;;;/q;;;;;5*+3/p-15. The molecule has 92 heavy (non-hydrogen) atoms. The zero-order valence-corrected chi connectivity index (χ0v) is 59.1. The molecular formula is C44H60Gd5N11O32. The van der Waals surface area contributed by atoms with Crippen molar-refractivity contribution in [1.82, 2.24) is 44.1 Å². The third-order valence-corrected chi connectivity index (χ3v) is 9.69. The van der Waals surface area contributed by atoms with Crippen LogP contribution in [0, 0.1) is 200 Å². The van der Waals surface area contributed by atoms with E-state index in [1.807, 2.05) is 0 Å². The third-order valence-electron chi connectivity index (χ3n) is 9.69. The van der Waals surface area contributed by atoms with E-state index < -0.39 is 188 Å². The predicted octanol–water partition coefficient (Wildman–Crippen LogP) is -29.9. The van der Waals surface area contributed by atoms with E-state index in [9.17, 15) is 149 Å². The Hall–Kier alpha value is -2.75. The molecule has 0 spiro atoms. The van der Waals surface area contributed by atoms with Gasteiger partial charge in [-0.1, -0.05) is 0 Å². The quantitative estimate of drug-likeness (QED) is 0.0534. The molecule has 0 saturated carbocycles. The number of hydrogen-bond donors (Lipinski definition) is 2. The second kappa shape index (κ2) is 69.6. The molecule has 0 unspecified atom stereocenters. The van der Waals surface area contributed by atoms with E-state index in [0.717, 1.165) is 29.4 Å². The van der Waals surface area contributed by atoms with Gasteiger partial charge in [0.25, 0.3) is 0 Å². The fraction of sp³-hybridized carbons (Fsp3) is 0.614. The maximum absolute atomic E-state index is 10.8. The minimum atomic E-state index is -1.54. The molecule has 48 heteroatoms. The van der Waals surface area contributed by atoms with Crippen LogP contribution < -0.4 is 88.1 Å². The molecule has 0 atom stereocenters. The van der Waals surface area contributed by atoms with Crippen LogP contribution in [0.3, 0.4) is 0 Å². The van der Waals surface area contributed by atoms with E-state index >= 15 is 0 Å². The Morgan fingerprint density at radius 2 is 0.239 bits per heavy atom. The van der Waals surface area contributed by atoms with Gasteiger partial charge in [-0.3, -0.25) is 53.7 Å². The molecule has 0 rings (SSSR count). The molecule has 0 aliphatic heterocycles. The van der Waals surface area contributed by atoms with Crippen LogP contribution in [0.5, 0.6) is 0 Å². The summed E-state index contributed by atoms with van der Waals surface area (Å²) in [5.74, 6) is -23.0. The zero-order valence-electron chi connectivity index (χ0n) is 47.8. The number of hydrogen-bond acceptors (Lipinski definition) is 41. The molecule has 2 amide bonds. The zero-order chi connectivity index (χ0) is 68.4. The van der Waals surface area contributed by atoms with Crippen LogP contribution in [-0.2, 0) is 81.5 Å². The number of carboxylic acids is 15. The van der Waals surface area contributed by atoms with Crippen molar-refractivity contribution in [3.63, 3.8) is 0 Å². The van der Waals surface area contributed by atoms with E-state index in [1.165, 1.54) is 14.7 Å². The molecule has 4 N–H and O–H groups in total. The summed E-state index contributed by atoms with van der Waals surface area (Å²) in [7, 11) is 0. The monoisotopic (exact) mass is 2040 g/mol. The van der Waals surface area contributed by atoms with E-state index in [4.69, 9.17) is 9.59 Å². The maximum atomic E-state index is 10.8. The van der Waals surface area contributed by atoms with Gasteiger partial charge in [0.15, 0.2) is 0 Å². The summed E-state index contributed by atoms with van der Waals surface area (Å²) in [5.41, 5.74) is 8.33. The van der Waals surface area contributed by atoms with Crippen molar-refractivity contribution in [1.29, 1.82) is 0 Å². The van der Waals surface area contributed by atoms with Crippen molar-refractivity contribution >= 4 is 102 Å². The van der Waals surface area contributed by atoms with Crippen LogP contribution in [-0.4, -0.2) is 323 Å². The molecule has 523 valence electrons. The first-order valence-corrected chi connectivity index (χ1v) is 24.1. The second-order valence-electron chi connectivity index (χ2n) is 16.9. The van der Waals surface area contributed by atoms with E-state index in [1.54, 1.807) is 0 Å². The van der Waals surface area contributed by atoms with Gasteiger partial charge >= 0.3 is 200 Å². The van der Waals surface area contributed by atoms with Gasteiger partial charge in [-0.05, 0) is 0 Å². The Bertz CT molecular complexity index is 1800. The van der Waals surface area contributed by atoms with Gasteiger partial charge < -0.3 is 160 Å². The van der Waals surface area contributed by atoms with Crippen molar-refractivity contribution in [3.8, 4) is 0 Å². The Labute approximate surface area is 683 Å². The van der Waals surface area contributed by atoms with Crippen LogP contribution >= 0.6 is 0 Å². The van der Waals surface area contributed by atoms with Gasteiger partial charge in [-0.15, -0.1) is 0 Å². The summed E-state index contributed by atoms with van der Waals surface area (Å²) in [6.07, 6.45) is 0.500. The van der Waals surface area contributed by atoms with Gasteiger partial charge in [-0.2, -0.15) is 0 Å². The van der Waals surface area contributed by atoms with Gasteiger partial charge in [0, 0.05) is 177 Å². The molecule has 0 fully saturated rings. The SMILES string of the molecule is NC=O.NC=O.O=C([O-])CN(CCN(CC(=O)[O-])CC(=O)[O-])CCN(CC(=O)[O-])CC(=O)[O-].O=C([O-])CN(CCN(CC(=O)[O-])CC(=O)[O-])CCN(CC(=O)[O-])CC(=O)[O-].O=C([O-])CN(CCN(CC(=O)[O-])CC(=O)[O-])CCN(CC(=O)[O-])CC(=O)[O-].[Gd+3].[Gd+3].[Gd+3].[Gd+3].[Gd+3].